The molecule has 0 fully saturated rings. The molecule has 19 heavy (non-hydrogen) atoms. The molecule has 0 saturated carbocycles. The molecule has 4 nitrogen and oxygen atoms in total. The van der Waals surface area contributed by atoms with Crippen LogP contribution in [0.4, 0.5) is 0 Å². The van der Waals surface area contributed by atoms with Gasteiger partial charge in [0.05, 0.1) is 10.8 Å². The number of nitrogens with one attached hydrogen (secondary N) is 1. The van der Waals surface area contributed by atoms with Crippen molar-refractivity contribution in [2.24, 2.45) is 0 Å². The molecule has 3 heterocycles. The van der Waals surface area contributed by atoms with E-state index in [-0.39, 0.29) is 10.9 Å². The largest absolute Gasteiger partial charge is 0.449 e. The molecule has 0 bridgehead atoms. The maximum Gasteiger partial charge on any atom is 0.260 e. The van der Waals surface area contributed by atoms with Gasteiger partial charge < -0.3 is 9.40 Å². The van der Waals surface area contributed by atoms with E-state index in [0.29, 0.717) is 26.5 Å². The molecule has 1 N–H and O–H groups in total. The molecule has 0 aliphatic carbocycles. The van der Waals surface area contributed by atoms with Crippen LogP contribution in [-0.2, 0) is 0 Å². The first-order valence-corrected chi connectivity index (χ1v) is 7.58. The van der Waals surface area contributed by atoms with Gasteiger partial charge in [-0.05, 0) is 35.0 Å². The van der Waals surface area contributed by atoms with Gasteiger partial charge in [-0.2, -0.15) is 0 Å². The summed E-state index contributed by atoms with van der Waals surface area (Å²) in [6.07, 6.45) is 0. The molecule has 3 aromatic rings. The molecule has 3 rings (SSSR count). The Morgan fingerprint density at radius 3 is 2.95 bits per heavy atom. The maximum atomic E-state index is 12.2. The van der Waals surface area contributed by atoms with Gasteiger partial charge in [0, 0.05) is 10.9 Å². The zero-order chi connectivity index (χ0) is 13.6. The van der Waals surface area contributed by atoms with Crippen LogP contribution >= 0.6 is 38.9 Å². The van der Waals surface area contributed by atoms with Crippen LogP contribution in [0.1, 0.15) is 18.1 Å². The van der Waals surface area contributed by atoms with Gasteiger partial charge in [0.2, 0.25) is 0 Å². The second-order valence-electron chi connectivity index (χ2n) is 4.00. The predicted molar refractivity (Wildman–Crippen MR) is 79.9 cm³/mol. The summed E-state index contributed by atoms with van der Waals surface area (Å²) in [4.78, 5) is 19.9. The quantitative estimate of drug-likeness (QED) is 0.694. The first-order chi connectivity index (χ1) is 9.06. The lowest BCUT2D eigenvalue weighted by Crippen LogP contribution is -2.11. The summed E-state index contributed by atoms with van der Waals surface area (Å²) in [6, 6.07) is 3.60. The van der Waals surface area contributed by atoms with Crippen LogP contribution in [0.25, 0.3) is 21.5 Å². The highest BCUT2D eigenvalue weighted by atomic mass is 79.9. The highest BCUT2D eigenvalue weighted by molar-refractivity contribution is 9.10. The smallest absolute Gasteiger partial charge is 0.260 e. The van der Waals surface area contributed by atoms with Crippen molar-refractivity contribution in [3.05, 3.63) is 38.4 Å². The molecule has 1 unspecified atom stereocenters. The second-order valence-corrected chi connectivity index (χ2v) is 6.29. The fraction of sp³-hybridized carbons (Fsp3) is 0.167. The summed E-state index contributed by atoms with van der Waals surface area (Å²) < 4.78 is 6.11. The molecular weight excluding hydrogens is 352 g/mol. The summed E-state index contributed by atoms with van der Waals surface area (Å²) in [5.74, 6) is 1.12. The van der Waals surface area contributed by atoms with Crippen LogP contribution in [0, 0.1) is 0 Å². The molecule has 0 amide bonds. The van der Waals surface area contributed by atoms with Crippen molar-refractivity contribution < 1.29 is 4.42 Å². The zero-order valence-corrected chi connectivity index (χ0v) is 12.9. The third-order valence-corrected chi connectivity index (χ3v) is 4.18. The van der Waals surface area contributed by atoms with Crippen molar-refractivity contribution in [1.29, 1.82) is 0 Å². The Morgan fingerprint density at radius 1 is 1.53 bits per heavy atom. The van der Waals surface area contributed by atoms with E-state index in [4.69, 9.17) is 16.0 Å². The molecule has 7 heteroatoms. The lowest BCUT2D eigenvalue weighted by molar-refractivity contribution is 0.556. The first-order valence-electron chi connectivity index (χ1n) is 5.47. The Hall–Kier alpha value is -1.11. The number of aromatic amines is 1. The number of H-pyrrole nitrogens is 1. The number of rotatable bonds is 2. The van der Waals surface area contributed by atoms with Gasteiger partial charge in [-0.1, -0.05) is 0 Å². The molecule has 0 radical (unpaired) electrons. The van der Waals surface area contributed by atoms with Gasteiger partial charge in [0.25, 0.3) is 5.56 Å². The fourth-order valence-corrected chi connectivity index (χ4v) is 3.14. The summed E-state index contributed by atoms with van der Waals surface area (Å²) >= 11 is 10.6. The second kappa shape index (κ2) is 4.77. The number of aromatic nitrogens is 2. The van der Waals surface area contributed by atoms with Crippen LogP contribution in [0.3, 0.4) is 0 Å². The van der Waals surface area contributed by atoms with Gasteiger partial charge >= 0.3 is 0 Å². The van der Waals surface area contributed by atoms with Crippen LogP contribution in [0.5, 0.6) is 0 Å². The van der Waals surface area contributed by atoms with Gasteiger partial charge in [0.15, 0.2) is 4.67 Å². The Labute approximate surface area is 125 Å². The molecule has 0 aromatic carbocycles. The summed E-state index contributed by atoms with van der Waals surface area (Å²) in [6.45, 7) is 1.77. The van der Waals surface area contributed by atoms with E-state index >= 15 is 0 Å². The minimum Gasteiger partial charge on any atom is -0.449 e. The monoisotopic (exact) mass is 358 g/mol. The van der Waals surface area contributed by atoms with Crippen molar-refractivity contribution in [2.75, 3.05) is 0 Å². The van der Waals surface area contributed by atoms with Crippen molar-refractivity contribution in [1.82, 2.24) is 9.97 Å². The Balaban J connectivity index is 2.27. The molecule has 98 valence electrons. The highest BCUT2D eigenvalue weighted by Gasteiger charge is 2.16. The average Bonchev–Trinajstić information content (AvgIpc) is 2.94. The lowest BCUT2D eigenvalue weighted by atomic mass is 10.2. The van der Waals surface area contributed by atoms with Crippen LogP contribution in [-0.4, -0.2) is 9.97 Å². The number of hydrogen-bond acceptors (Lipinski definition) is 4. The Kier molecular flexibility index (Phi) is 3.24. The number of nitrogens with zero attached hydrogens (tertiary/aromatic N) is 1. The SMILES string of the molecule is CC(Cl)c1nc2scc(-c3ccc(Br)o3)c2c(=O)[nH]1. The van der Waals surface area contributed by atoms with Crippen molar-refractivity contribution in [3.8, 4) is 11.3 Å². The third-order valence-electron chi connectivity index (χ3n) is 2.68. The summed E-state index contributed by atoms with van der Waals surface area (Å²) in [5, 5.41) is 2.06. The lowest BCUT2D eigenvalue weighted by Gasteiger charge is -2.02. The minimum absolute atomic E-state index is 0.198. The molecule has 0 spiro atoms. The fourth-order valence-electron chi connectivity index (χ4n) is 1.79. The van der Waals surface area contributed by atoms with Gasteiger partial charge in [-0.3, -0.25) is 4.79 Å². The molecule has 0 aliphatic heterocycles. The van der Waals surface area contributed by atoms with Gasteiger partial charge in [-0.25, -0.2) is 4.98 Å². The van der Waals surface area contributed by atoms with Crippen LogP contribution in [0.2, 0.25) is 0 Å². The van der Waals surface area contributed by atoms with E-state index in [1.807, 2.05) is 11.4 Å². The molecule has 1 atom stereocenters. The van der Waals surface area contributed by atoms with Crippen molar-refractivity contribution in [3.63, 3.8) is 0 Å². The maximum absolute atomic E-state index is 12.2. The van der Waals surface area contributed by atoms with Crippen LogP contribution < -0.4 is 5.56 Å². The third kappa shape index (κ3) is 2.24. The van der Waals surface area contributed by atoms with E-state index in [1.165, 1.54) is 11.3 Å². The zero-order valence-electron chi connectivity index (χ0n) is 9.74. The van der Waals surface area contributed by atoms with Gasteiger partial charge in [-0.15, -0.1) is 22.9 Å². The molecule has 0 saturated heterocycles. The molecule has 3 aromatic heterocycles. The van der Waals surface area contributed by atoms with Crippen LogP contribution in [0.15, 0.2) is 31.4 Å². The number of alkyl halides is 1. The van der Waals surface area contributed by atoms with E-state index in [9.17, 15) is 4.79 Å². The van der Waals surface area contributed by atoms with E-state index in [0.717, 1.165) is 5.56 Å². The Bertz CT molecular complexity index is 806. The van der Waals surface area contributed by atoms with E-state index in [1.54, 1.807) is 13.0 Å². The number of hydrogen-bond donors (Lipinski definition) is 1. The topological polar surface area (TPSA) is 58.9 Å². The normalized spacial score (nSPS) is 13.0. The van der Waals surface area contributed by atoms with E-state index < -0.39 is 0 Å². The van der Waals surface area contributed by atoms with Crippen molar-refractivity contribution >= 4 is 49.1 Å². The predicted octanol–water partition coefficient (Wildman–Crippen LogP) is 4.31. The number of furan rings is 1. The minimum atomic E-state index is -0.333. The van der Waals surface area contributed by atoms with Gasteiger partial charge in [0.1, 0.15) is 16.4 Å². The number of thiophene rings is 1. The first kappa shape index (κ1) is 12.9. The molecular formula is C12H8BrClN2O2S. The standard InChI is InChI=1S/C12H8BrClN2O2S/c1-5(14)10-15-11(17)9-6(4-19-12(9)16-10)7-2-3-8(13)18-7/h2-5H,1H3,(H,15,16,17). The number of fused-ring (bicyclic) bond motifs is 1. The highest BCUT2D eigenvalue weighted by Crippen LogP contribution is 2.33. The van der Waals surface area contributed by atoms with Crippen molar-refractivity contribution in [2.45, 2.75) is 12.3 Å². The van der Waals surface area contributed by atoms with E-state index in [2.05, 4.69) is 25.9 Å². The summed E-state index contributed by atoms with van der Waals surface area (Å²) in [5.41, 5.74) is 0.546. The Morgan fingerprint density at radius 2 is 2.32 bits per heavy atom. The number of halogens is 2. The molecule has 0 aliphatic rings. The summed E-state index contributed by atoms with van der Waals surface area (Å²) in [7, 11) is 0. The average molecular weight is 360 g/mol.